The number of benzene rings is 2. The molecule has 0 aliphatic carbocycles. The lowest BCUT2D eigenvalue weighted by Gasteiger charge is -2.20. The summed E-state index contributed by atoms with van der Waals surface area (Å²) in [5.41, 5.74) is 2.06. The molecule has 1 heterocycles. The first kappa shape index (κ1) is 18.1. The molecular weight excluding hydrogens is 350 g/mol. The summed E-state index contributed by atoms with van der Waals surface area (Å²) in [7, 11) is 0. The van der Waals surface area contributed by atoms with Gasteiger partial charge in [0.25, 0.3) is 5.91 Å². The van der Waals surface area contributed by atoms with Gasteiger partial charge in [-0.2, -0.15) is 0 Å². The first-order valence-corrected chi connectivity index (χ1v) is 8.80. The lowest BCUT2D eigenvalue weighted by molar-refractivity contribution is -0.119. The number of ketones is 1. The van der Waals surface area contributed by atoms with E-state index in [1.165, 1.54) is 0 Å². The van der Waals surface area contributed by atoms with Crippen molar-refractivity contribution >= 4 is 34.3 Å². The average Bonchev–Trinajstić information content (AvgIpc) is 3.00. The zero-order chi connectivity index (χ0) is 18.8. The monoisotopic (exact) mass is 369 g/mol. The predicted octanol–water partition coefficient (Wildman–Crippen LogP) is 4.33. The number of hydrogen-bond acceptors (Lipinski definition) is 3. The van der Waals surface area contributed by atoms with Crippen LogP contribution >= 0.6 is 11.6 Å². The van der Waals surface area contributed by atoms with Gasteiger partial charge in [-0.1, -0.05) is 35.9 Å². The normalized spacial score (nSPS) is 13.4. The molecule has 6 heteroatoms. The zero-order valence-electron chi connectivity index (χ0n) is 14.9. The number of para-hydroxylation sites is 2. The minimum atomic E-state index is -0.395. The second-order valence-corrected chi connectivity index (χ2v) is 6.70. The topological polar surface area (TPSA) is 64.0 Å². The van der Waals surface area contributed by atoms with Crippen LogP contribution in [0.5, 0.6) is 0 Å². The second kappa shape index (κ2) is 7.30. The predicted molar refractivity (Wildman–Crippen MR) is 102 cm³/mol. The van der Waals surface area contributed by atoms with Crippen molar-refractivity contribution in [1.29, 1.82) is 0 Å². The van der Waals surface area contributed by atoms with Gasteiger partial charge in [0.2, 0.25) is 0 Å². The van der Waals surface area contributed by atoms with E-state index >= 15 is 0 Å². The van der Waals surface area contributed by atoms with Gasteiger partial charge in [-0.15, -0.1) is 0 Å². The highest BCUT2D eigenvalue weighted by molar-refractivity contribution is 6.33. The van der Waals surface area contributed by atoms with Gasteiger partial charge in [-0.3, -0.25) is 9.59 Å². The van der Waals surface area contributed by atoms with Crippen LogP contribution in [0.3, 0.4) is 0 Å². The molecule has 2 atom stereocenters. The molecule has 5 nitrogen and oxygen atoms in total. The largest absolute Gasteiger partial charge is 0.342 e. The number of nitrogens with zero attached hydrogens (tertiary/aromatic N) is 2. The van der Waals surface area contributed by atoms with Gasteiger partial charge < -0.3 is 9.88 Å². The molecule has 0 fully saturated rings. The van der Waals surface area contributed by atoms with Crippen LogP contribution in [0, 0.1) is 0 Å². The van der Waals surface area contributed by atoms with Gasteiger partial charge in [0.05, 0.1) is 33.7 Å². The third-order valence-electron chi connectivity index (χ3n) is 4.45. The summed E-state index contributed by atoms with van der Waals surface area (Å²) in [5.74, 6) is 0.380. The van der Waals surface area contributed by atoms with Gasteiger partial charge in [0.15, 0.2) is 5.78 Å². The van der Waals surface area contributed by atoms with Crippen LogP contribution in [-0.2, 0) is 4.79 Å². The highest BCUT2D eigenvalue weighted by atomic mass is 35.5. The number of carbonyl (C=O) groups excluding carboxylic acids is 2. The Morgan fingerprint density at radius 2 is 1.73 bits per heavy atom. The van der Waals surface area contributed by atoms with E-state index in [-0.39, 0.29) is 17.7 Å². The quantitative estimate of drug-likeness (QED) is 0.728. The first-order chi connectivity index (χ1) is 12.4. The average molecular weight is 370 g/mol. The van der Waals surface area contributed by atoms with Gasteiger partial charge in [0, 0.05) is 0 Å². The molecule has 134 valence electrons. The molecule has 1 amide bonds. The van der Waals surface area contributed by atoms with E-state index < -0.39 is 6.04 Å². The van der Waals surface area contributed by atoms with E-state index in [4.69, 9.17) is 11.6 Å². The number of halogens is 1. The molecule has 2 aromatic carbocycles. The van der Waals surface area contributed by atoms with Crippen LogP contribution in [-0.4, -0.2) is 21.2 Å². The molecule has 1 aromatic heterocycles. The molecule has 3 rings (SSSR count). The molecule has 0 spiro atoms. The number of rotatable bonds is 5. The standard InChI is InChI=1S/C20H20ClN3O2/c1-12(22-20(26)15-8-4-5-9-16(15)21)19-23-17-10-6-7-11-18(17)24(19)13(2)14(3)25/h4-13H,1-3H3,(H,22,26). The Labute approximate surface area is 157 Å². The summed E-state index contributed by atoms with van der Waals surface area (Å²) >= 11 is 6.11. The van der Waals surface area contributed by atoms with Crippen molar-refractivity contribution in [3.8, 4) is 0 Å². The summed E-state index contributed by atoms with van der Waals surface area (Å²) in [6.07, 6.45) is 0. The highest BCUT2D eigenvalue weighted by Crippen LogP contribution is 2.26. The summed E-state index contributed by atoms with van der Waals surface area (Å²) in [6, 6.07) is 13.7. The van der Waals surface area contributed by atoms with E-state index in [0.29, 0.717) is 16.4 Å². The van der Waals surface area contributed by atoms with Crippen LogP contribution in [0.15, 0.2) is 48.5 Å². The van der Waals surface area contributed by atoms with Crippen molar-refractivity contribution in [2.75, 3.05) is 0 Å². The molecule has 0 radical (unpaired) electrons. The van der Waals surface area contributed by atoms with Crippen LogP contribution in [0.1, 0.15) is 49.0 Å². The van der Waals surface area contributed by atoms with Crippen LogP contribution < -0.4 is 5.32 Å². The fourth-order valence-electron chi connectivity index (χ4n) is 2.94. The fourth-order valence-corrected chi connectivity index (χ4v) is 3.16. The molecule has 2 unspecified atom stereocenters. The Morgan fingerprint density at radius 3 is 2.42 bits per heavy atom. The second-order valence-electron chi connectivity index (χ2n) is 6.29. The van der Waals surface area contributed by atoms with E-state index in [0.717, 1.165) is 11.0 Å². The third kappa shape index (κ3) is 3.35. The molecule has 26 heavy (non-hydrogen) atoms. The van der Waals surface area contributed by atoms with Crippen LogP contribution in [0.25, 0.3) is 11.0 Å². The molecule has 0 aliphatic rings. The van der Waals surface area contributed by atoms with Gasteiger partial charge in [-0.25, -0.2) is 4.98 Å². The van der Waals surface area contributed by atoms with E-state index in [1.807, 2.05) is 42.7 Å². The number of nitrogens with one attached hydrogen (secondary N) is 1. The number of amides is 1. The summed E-state index contributed by atoms with van der Waals surface area (Å²) in [5, 5.41) is 3.32. The van der Waals surface area contributed by atoms with Crippen molar-refractivity contribution in [2.24, 2.45) is 0 Å². The van der Waals surface area contributed by atoms with Crippen molar-refractivity contribution in [3.63, 3.8) is 0 Å². The molecule has 0 saturated heterocycles. The molecule has 0 bridgehead atoms. The number of carbonyl (C=O) groups is 2. The molecule has 0 saturated carbocycles. The number of Topliss-reactive ketones (excluding diaryl/α,β-unsaturated/α-hetero) is 1. The minimum Gasteiger partial charge on any atom is -0.342 e. The Balaban J connectivity index is 1.99. The maximum atomic E-state index is 12.6. The Bertz CT molecular complexity index is 980. The summed E-state index contributed by atoms with van der Waals surface area (Å²) in [4.78, 5) is 29.2. The van der Waals surface area contributed by atoms with E-state index in [9.17, 15) is 9.59 Å². The summed E-state index contributed by atoms with van der Waals surface area (Å²) in [6.45, 7) is 5.23. The number of imidazole rings is 1. The Hall–Kier alpha value is -2.66. The molecule has 0 aliphatic heterocycles. The SMILES string of the molecule is CC(=O)C(C)n1c(C(C)NC(=O)c2ccccc2Cl)nc2ccccc21. The van der Waals surface area contributed by atoms with Crippen molar-refractivity contribution < 1.29 is 9.59 Å². The van der Waals surface area contributed by atoms with Crippen LogP contribution in [0.4, 0.5) is 0 Å². The van der Waals surface area contributed by atoms with Crippen LogP contribution in [0.2, 0.25) is 5.02 Å². The highest BCUT2D eigenvalue weighted by Gasteiger charge is 2.24. The Morgan fingerprint density at radius 1 is 1.08 bits per heavy atom. The molecule has 1 N–H and O–H groups in total. The Kier molecular flexibility index (Phi) is 5.09. The number of aromatic nitrogens is 2. The van der Waals surface area contributed by atoms with Gasteiger partial charge >= 0.3 is 0 Å². The third-order valence-corrected chi connectivity index (χ3v) is 4.78. The van der Waals surface area contributed by atoms with Crippen molar-refractivity contribution in [3.05, 3.63) is 64.9 Å². The lowest BCUT2D eigenvalue weighted by Crippen LogP contribution is -2.30. The molecule has 3 aromatic rings. The zero-order valence-corrected chi connectivity index (χ0v) is 15.6. The van der Waals surface area contributed by atoms with E-state index in [1.54, 1.807) is 31.2 Å². The maximum Gasteiger partial charge on any atom is 0.253 e. The van der Waals surface area contributed by atoms with Crippen molar-refractivity contribution in [2.45, 2.75) is 32.9 Å². The molecular formula is C20H20ClN3O2. The van der Waals surface area contributed by atoms with Gasteiger partial charge in [-0.05, 0) is 45.0 Å². The first-order valence-electron chi connectivity index (χ1n) is 8.43. The fraction of sp³-hybridized carbons (Fsp3) is 0.250. The minimum absolute atomic E-state index is 0.0269. The smallest absolute Gasteiger partial charge is 0.253 e. The maximum absolute atomic E-state index is 12.6. The number of fused-ring (bicyclic) bond motifs is 1. The van der Waals surface area contributed by atoms with E-state index in [2.05, 4.69) is 10.3 Å². The summed E-state index contributed by atoms with van der Waals surface area (Å²) < 4.78 is 1.88. The van der Waals surface area contributed by atoms with Crippen molar-refractivity contribution in [1.82, 2.24) is 14.9 Å². The lowest BCUT2D eigenvalue weighted by atomic mass is 10.1. The number of hydrogen-bond donors (Lipinski definition) is 1. The van der Waals surface area contributed by atoms with Gasteiger partial charge in [0.1, 0.15) is 5.82 Å².